The summed E-state index contributed by atoms with van der Waals surface area (Å²) in [5.74, 6) is -0.551. The molecule has 2 aromatic heterocycles. The number of H-pyrrole nitrogens is 1. The number of pyridine rings is 1. The number of aromatic nitrogens is 2. The third-order valence-corrected chi connectivity index (χ3v) is 8.63. The lowest BCUT2D eigenvalue weighted by Crippen LogP contribution is -2.47. The topological polar surface area (TPSA) is 81.7 Å². The summed E-state index contributed by atoms with van der Waals surface area (Å²) in [6.07, 6.45) is 6.25. The van der Waals surface area contributed by atoms with Crippen LogP contribution in [0.15, 0.2) is 66.5 Å². The molecule has 0 radical (unpaired) electrons. The smallest absolute Gasteiger partial charge is 0.339 e. The number of allylic oxidation sites excluding steroid dienone is 1. The number of aromatic amines is 1. The van der Waals surface area contributed by atoms with E-state index in [0.29, 0.717) is 16.3 Å². The first-order valence-corrected chi connectivity index (χ1v) is 14.6. The zero-order valence-corrected chi connectivity index (χ0v) is 24.5. The van der Waals surface area contributed by atoms with Crippen LogP contribution in [0.4, 0.5) is 10.1 Å². The van der Waals surface area contributed by atoms with Gasteiger partial charge in [0, 0.05) is 66.6 Å². The molecule has 0 bridgehead atoms. The Bertz CT molecular complexity index is 1670. The molecule has 0 saturated carbocycles. The average Bonchev–Trinajstić information content (AvgIpc) is 3.42. The number of carboxylic acid groups (broad SMARTS) is 1. The summed E-state index contributed by atoms with van der Waals surface area (Å²) in [6, 6.07) is 14.0. The van der Waals surface area contributed by atoms with Gasteiger partial charge in [0.2, 0.25) is 0 Å². The molecule has 42 heavy (non-hydrogen) atoms. The van der Waals surface area contributed by atoms with E-state index >= 15 is 0 Å². The van der Waals surface area contributed by atoms with E-state index in [0.717, 1.165) is 74.3 Å². The van der Waals surface area contributed by atoms with Crippen LogP contribution in [0.3, 0.4) is 0 Å². The van der Waals surface area contributed by atoms with Gasteiger partial charge in [0.1, 0.15) is 28.5 Å². The largest absolute Gasteiger partial charge is 0.478 e. The molecule has 2 aromatic carbocycles. The van der Waals surface area contributed by atoms with Crippen molar-refractivity contribution in [2.24, 2.45) is 5.41 Å². The minimum Gasteiger partial charge on any atom is -0.478 e. The van der Waals surface area contributed by atoms with Crippen molar-refractivity contribution in [3.8, 4) is 11.5 Å². The van der Waals surface area contributed by atoms with Gasteiger partial charge in [-0.1, -0.05) is 37.1 Å². The Hall–Kier alpha value is -3.88. The van der Waals surface area contributed by atoms with E-state index < -0.39 is 5.97 Å². The number of fused-ring (bicyclic) bond motifs is 1. The van der Waals surface area contributed by atoms with Crippen molar-refractivity contribution in [2.75, 3.05) is 37.6 Å². The molecule has 0 unspecified atom stereocenters. The second kappa shape index (κ2) is 11.4. The lowest BCUT2D eigenvalue weighted by Gasteiger charge is -2.39. The quantitative estimate of drug-likeness (QED) is 0.231. The van der Waals surface area contributed by atoms with Crippen LogP contribution in [0.25, 0.3) is 16.6 Å². The van der Waals surface area contributed by atoms with Crippen LogP contribution in [0.2, 0.25) is 5.02 Å². The molecule has 0 atom stereocenters. The highest BCUT2D eigenvalue weighted by atomic mass is 35.5. The maximum Gasteiger partial charge on any atom is 0.339 e. The molecule has 3 heterocycles. The van der Waals surface area contributed by atoms with Crippen molar-refractivity contribution >= 4 is 39.9 Å². The monoisotopic (exact) mass is 588 g/mol. The molecular weight excluding hydrogens is 555 g/mol. The van der Waals surface area contributed by atoms with Crippen molar-refractivity contribution in [3.05, 3.63) is 88.5 Å². The summed E-state index contributed by atoms with van der Waals surface area (Å²) in [4.78, 5) is 24.0. The van der Waals surface area contributed by atoms with Crippen molar-refractivity contribution in [2.45, 2.75) is 33.1 Å². The fraction of sp³-hybridized carbons (Fsp3) is 0.333. The summed E-state index contributed by atoms with van der Waals surface area (Å²) in [5.41, 5.74) is 4.95. The Morgan fingerprint density at radius 2 is 1.93 bits per heavy atom. The number of halogens is 2. The molecule has 0 spiro atoms. The van der Waals surface area contributed by atoms with E-state index in [1.807, 2.05) is 24.3 Å². The van der Waals surface area contributed by atoms with Gasteiger partial charge in [0.05, 0.1) is 6.20 Å². The van der Waals surface area contributed by atoms with Gasteiger partial charge in [-0.2, -0.15) is 0 Å². The maximum atomic E-state index is 15.0. The van der Waals surface area contributed by atoms with Gasteiger partial charge >= 0.3 is 5.97 Å². The lowest BCUT2D eigenvalue weighted by atomic mass is 9.72. The molecule has 218 valence electrons. The lowest BCUT2D eigenvalue weighted by molar-refractivity contribution is 0.0694. The van der Waals surface area contributed by atoms with Gasteiger partial charge in [-0.3, -0.25) is 4.90 Å². The number of rotatable bonds is 7. The third kappa shape index (κ3) is 6.01. The molecule has 1 saturated heterocycles. The van der Waals surface area contributed by atoms with E-state index in [1.54, 1.807) is 30.6 Å². The number of nitrogens with zero attached hydrogens (tertiary/aromatic N) is 3. The molecular formula is C33H34ClFN4O3. The van der Waals surface area contributed by atoms with Gasteiger partial charge in [0.15, 0.2) is 0 Å². The SMILES string of the molecule is CC1(C)CCC(CN2CCN(c3ccc(C(=O)O)c(Oc4cnc5[nH]ccc5c4)c3)CC2)=C(c2ccc(Cl)cc2F)C1. The minimum absolute atomic E-state index is 0.0978. The number of piperazine rings is 1. The van der Waals surface area contributed by atoms with Gasteiger partial charge in [0.25, 0.3) is 0 Å². The minimum atomic E-state index is -1.05. The van der Waals surface area contributed by atoms with Gasteiger partial charge in [-0.25, -0.2) is 14.2 Å². The highest BCUT2D eigenvalue weighted by molar-refractivity contribution is 6.30. The number of hydrogen-bond acceptors (Lipinski definition) is 5. The molecule has 2 aliphatic rings. The summed E-state index contributed by atoms with van der Waals surface area (Å²) in [5, 5.41) is 11.1. The fourth-order valence-corrected chi connectivity index (χ4v) is 6.19. The number of anilines is 1. The number of aromatic carboxylic acids is 1. The summed E-state index contributed by atoms with van der Waals surface area (Å²) in [7, 11) is 0. The van der Waals surface area contributed by atoms with Crippen molar-refractivity contribution in [3.63, 3.8) is 0 Å². The van der Waals surface area contributed by atoms with E-state index in [9.17, 15) is 14.3 Å². The standard InChI is InChI=1S/C33H34ClFN4O3/c1-33(2)9-7-22(28(18-33)26-5-3-23(34)16-29(26)35)20-38-11-13-39(14-12-38)24-4-6-27(32(40)41)30(17-24)42-25-15-21-8-10-36-31(21)37-19-25/h3-6,8,10,15-17,19H,7,9,11-14,18,20H2,1-2H3,(H,36,37)(H,40,41). The first kappa shape index (κ1) is 28.2. The van der Waals surface area contributed by atoms with E-state index in [-0.39, 0.29) is 22.5 Å². The van der Waals surface area contributed by atoms with Crippen LogP contribution >= 0.6 is 11.6 Å². The second-order valence-electron chi connectivity index (χ2n) is 12.0. The summed E-state index contributed by atoms with van der Waals surface area (Å²) >= 11 is 6.05. The average molecular weight is 589 g/mol. The predicted molar refractivity (Wildman–Crippen MR) is 164 cm³/mol. The molecule has 2 N–H and O–H groups in total. The maximum absolute atomic E-state index is 15.0. The third-order valence-electron chi connectivity index (χ3n) is 8.39. The molecule has 1 aliphatic carbocycles. The number of nitrogens with one attached hydrogen (secondary N) is 1. The van der Waals surface area contributed by atoms with Crippen LogP contribution in [0.5, 0.6) is 11.5 Å². The number of carbonyl (C=O) groups is 1. The summed E-state index contributed by atoms with van der Waals surface area (Å²) < 4.78 is 21.0. The van der Waals surface area contributed by atoms with Crippen LogP contribution in [-0.4, -0.2) is 58.7 Å². The highest BCUT2D eigenvalue weighted by Gasteiger charge is 2.30. The molecule has 9 heteroatoms. The van der Waals surface area contributed by atoms with Gasteiger partial charge in [-0.15, -0.1) is 0 Å². The Morgan fingerprint density at radius 3 is 2.69 bits per heavy atom. The fourth-order valence-electron chi connectivity index (χ4n) is 6.03. The van der Waals surface area contributed by atoms with Crippen LogP contribution in [-0.2, 0) is 0 Å². The van der Waals surface area contributed by atoms with Crippen LogP contribution < -0.4 is 9.64 Å². The zero-order chi connectivity index (χ0) is 29.4. The molecule has 1 aliphatic heterocycles. The molecule has 1 fully saturated rings. The normalized spacial score (nSPS) is 17.6. The van der Waals surface area contributed by atoms with Crippen LogP contribution in [0, 0.1) is 11.2 Å². The Morgan fingerprint density at radius 1 is 1.12 bits per heavy atom. The zero-order valence-electron chi connectivity index (χ0n) is 23.8. The Balaban J connectivity index is 1.18. The van der Waals surface area contributed by atoms with E-state index in [4.69, 9.17) is 16.3 Å². The van der Waals surface area contributed by atoms with Crippen molar-refractivity contribution in [1.29, 1.82) is 0 Å². The van der Waals surface area contributed by atoms with Gasteiger partial charge < -0.3 is 19.7 Å². The highest BCUT2D eigenvalue weighted by Crippen LogP contribution is 2.44. The number of benzene rings is 2. The van der Waals surface area contributed by atoms with Crippen molar-refractivity contribution < 1.29 is 19.0 Å². The predicted octanol–water partition coefficient (Wildman–Crippen LogP) is 7.63. The molecule has 4 aromatic rings. The Labute approximate surface area is 249 Å². The van der Waals surface area contributed by atoms with Crippen molar-refractivity contribution in [1.82, 2.24) is 14.9 Å². The van der Waals surface area contributed by atoms with Gasteiger partial charge in [-0.05, 0) is 66.6 Å². The number of ether oxygens (including phenoxy) is 1. The molecule has 0 amide bonds. The second-order valence-corrected chi connectivity index (χ2v) is 12.4. The Kier molecular flexibility index (Phi) is 7.68. The first-order chi connectivity index (χ1) is 20.1. The molecule has 7 nitrogen and oxygen atoms in total. The number of hydrogen-bond donors (Lipinski definition) is 2. The summed E-state index contributed by atoms with van der Waals surface area (Å²) in [6.45, 7) is 8.56. The molecule has 6 rings (SSSR count). The first-order valence-electron chi connectivity index (χ1n) is 14.3. The van der Waals surface area contributed by atoms with Crippen LogP contribution in [0.1, 0.15) is 49.0 Å². The van der Waals surface area contributed by atoms with E-state index in [2.05, 4.69) is 33.6 Å². The number of carboxylic acids is 1. The van der Waals surface area contributed by atoms with E-state index in [1.165, 1.54) is 11.6 Å².